The van der Waals surface area contributed by atoms with E-state index in [1.807, 2.05) is 0 Å². The summed E-state index contributed by atoms with van der Waals surface area (Å²) in [5, 5.41) is 14.2. The Balaban J connectivity index is 1.52. The van der Waals surface area contributed by atoms with E-state index in [0.29, 0.717) is 33.7 Å². The Bertz CT molecular complexity index is 1390. The number of ether oxygens (including phenoxy) is 1. The van der Waals surface area contributed by atoms with Crippen LogP contribution in [0, 0.1) is 24.0 Å². The van der Waals surface area contributed by atoms with Crippen molar-refractivity contribution in [2.75, 3.05) is 11.9 Å². The molecule has 166 valence electrons. The number of furan rings is 1. The number of amides is 1. The van der Waals surface area contributed by atoms with Crippen molar-refractivity contribution in [3.05, 3.63) is 87.7 Å². The van der Waals surface area contributed by atoms with E-state index < -0.39 is 23.4 Å². The van der Waals surface area contributed by atoms with Gasteiger partial charge >= 0.3 is 5.97 Å². The number of para-hydroxylation sites is 1. The van der Waals surface area contributed by atoms with Crippen molar-refractivity contribution in [2.24, 2.45) is 0 Å². The fraction of sp³-hybridized carbons (Fsp3) is 0.125. The molecule has 0 atom stereocenters. The van der Waals surface area contributed by atoms with Crippen molar-refractivity contribution in [1.82, 2.24) is 4.98 Å². The van der Waals surface area contributed by atoms with Gasteiger partial charge in [0.25, 0.3) is 11.6 Å². The molecule has 4 aromatic rings. The number of aromatic nitrogens is 1. The molecule has 0 aliphatic rings. The number of esters is 1. The van der Waals surface area contributed by atoms with Crippen LogP contribution < -0.4 is 5.32 Å². The number of nitro groups is 1. The van der Waals surface area contributed by atoms with Crippen LogP contribution in [0.1, 0.15) is 21.7 Å². The standard InChI is InChI=1S/C24H19N3O6/c1-14-7-9-16(11-21(14)27(30)31)25-23(28)13-32-24(29)18-12-20(22-10-8-15(2)33-22)26-19-6-4-3-5-17(18)19/h3-12H,13H2,1-2H3,(H,25,28). The van der Waals surface area contributed by atoms with Crippen molar-refractivity contribution < 1.29 is 23.7 Å². The van der Waals surface area contributed by atoms with Gasteiger partial charge in [0.05, 0.1) is 16.0 Å². The van der Waals surface area contributed by atoms with E-state index in [4.69, 9.17) is 9.15 Å². The number of rotatable bonds is 6. The molecular weight excluding hydrogens is 426 g/mol. The lowest BCUT2D eigenvalue weighted by molar-refractivity contribution is -0.385. The number of nitrogens with zero attached hydrogens (tertiary/aromatic N) is 2. The molecule has 0 fully saturated rings. The normalized spacial score (nSPS) is 10.7. The maximum atomic E-state index is 12.8. The van der Waals surface area contributed by atoms with Gasteiger partial charge in [-0.15, -0.1) is 0 Å². The molecule has 0 unspecified atom stereocenters. The predicted octanol–water partition coefficient (Wildman–Crippen LogP) is 4.82. The highest BCUT2D eigenvalue weighted by Gasteiger charge is 2.18. The highest BCUT2D eigenvalue weighted by Crippen LogP contribution is 2.27. The number of benzene rings is 2. The van der Waals surface area contributed by atoms with Gasteiger partial charge in [0.2, 0.25) is 0 Å². The summed E-state index contributed by atoms with van der Waals surface area (Å²) in [4.78, 5) is 40.2. The van der Waals surface area contributed by atoms with Crippen LogP contribution in [0.25, 0.3) is 22.4 Å². The van der Waals surface area contributed by atoms with E-state index in [2.05, 4.69) is 10.3 Å². The number of hydrogen-bond donors (Lipinski definition) is 1. The van der Waals surface area contributed by atoms with Crippen LogP contribution in [0.2, 0.25) is 0 Å². The molecule has 4 rings (SSSR count). The average Bonchev–Trinajstić information content (AvgIpc) is 3.24. The Morgan fingerprint density at radius 1 is 1.09 bits per heavy atom. The zero-order valence-electron chi connectivity index (χ0n) is 17.8. The lowest BCUT2D eigenvalue weighted by Crippen LogP contribution is -2.21. The molecule has 1 N–H and O–H groups in total. The number of nitrogens with one attached hydrogen (secondary N) is 1. The van der Waals surface area contributed by atoms with Gasteiger partial charge in [-0.05, 0) is 44.2 Å². The van der Waals surface area contributed by atoms with Crippen LogP contribution in [-0.4, -0.2) is 28.4 Å². The number of fused-ring (bicyclic) bond motifs is 1. The largest absolute Gasteiger partial charge is 0.460 e. The Morgan fingerprint density at radius 3 is 2.61 bits per heavy atom. The molecule has 0 aliphatic carbocycles. The minimum atomic E-state index is -0.705. The maximum Gasteiger partial charge on any atom is 0.339 e. The van der Waals surface area contributed by atoms with Gasteiger partial charge < -0.3 is 14.5 Å². The third-order valence-corrected chi connectivity index (χ3v) is 4.95. The summed E-state index contributed by atoms with van der Waals surface area (Å²) in [6, 6.07) is 16.5. The highest BCUT2D eigenvalue weighted by atomic mass is 16.6. The minimum Gasteiger partial charge on any atom is -0.460 e. The Labute approximate surface area is 188 Å². The van der Waals surface area contributed by atoms with Gasteiger partial charge in [0.15, 0.2) is 12.4 Å². The summed E-state index contributed by atoms with van der Waals surface area (Å²) in [5.74, 6) is -0.118. The van der Waals surface area contributed by atoms with Gasteiger partial charge in [0.1, 0.15) is 11.5 Å². The van der Waals surface area contributed by atoms with Crippen LogP contribution in [0.15, 0.2) is 65.1 Å². The molecule has 0 aliphatic heterocycles. The summed E-state index contributed by atoms with van der Waals surface area (Å²) in [5.41, 5.74) is 1.87. The third kappa shape index (κ3) is 4.72. The number of pyridine rings is 1. The molecule has 0 radical (unpaired) electrons. The van der Waals surface area contributed by atoms with Gasteiger partial charge in [-0.2, -0.15) is 0 Å². The molecule has 2 heterocycles. The number of carbonyl (C=O) groups excluding carboxylic acids is 2. The summed E-state index contributed by atoms with van der Waals surface area (Å²) in [7, 11) is 0. The highest BCUT2D eigenvalue weighted by molar-refractivity contribution is 6.05. The van der Waals surface area contributed by atoms with Crippen LogP contribution >= 0.6 is 0 Å². The second kappa shape index (κ2) is 8.91. The minimum absolute atomic E-state index is 0.117. The average molecular weight is 445 g/mol. The SMILES string of the molecule is Cc1ccc(-c2cc(C(=O)OCC(=O)Nc3ccc(C)c([N+](=O)[O-])c3)c3ccccc3n2)o1. The number of hydrogen-bond acceptors (Lipinski definition) is 7. The topological polar surface area (TPSA) is 125 Å². The summed E-state index contributed by atoms with van der Waals surface area (Å²) in [6.07, 6.45) is 0. The smallest absolute Gasteiger partial charge is 0.339 e. The first-order valence-electron chi connectivity index (χ1n) is 10.0. The summed E-state index contributed by atoms with van der Waals surface area (Å²) >= 11 is 0. The molecular formula is C24H19N3O6. The molecule has 0 saturated carbocycles. The van der Waals surface area contributed by atoms with Gasteiger partial charge in [0, 0.05) is 22.7 Å². The lowest BCUT2D eigenvalue weighted by Gasteiger charge is -2.10. The molecule has 33 heavy (non-hydrogen) atoms. The van der Waals surface area contributed by atoms with Crippen LogP contribution in [-0.2, 0) is 9.53 Å². The Hall–Kier alpha value is -4.53. The molecule has 2 aromatic carbocycles. The first kappa shape index (κ1) is 21.7. The summed E-state index contributed by atoms with van der Waals surface area (Å²) in [6.45, 7) is 2.84. The van der Waals surface area contributed by atoms with Crippen LogP contribution in [0.3, 0.4) is 0 Å². The van der Waals surface area contributed by atoms with E-state index in [0.717, 1.165) is 0 Å². The van der Waals surface area contributed by atoms with E-state index in [1.165, 1.54) is 18.2 Å². The molecule has 0 bridgehead atoms. The van der Waals surface area contributed by atoms with Gasteiger partial charge in [-0.25, -0.2) is 9.78 Å². The molecule has 2 aromatic heterocycles. The lowest BCUT2D eigenvalue weighted by atomic mass is 10.1. The zero-order valence-corrected chi connectivity index (χ0v) is 17.8. The Kier molecular flexibility index (Phi) is 5.86. The zero-order chi connectivity index (χ0) is 23.5. The van der Waals surface area contributed by atoms with Crippen molar-refractivity contribution in [3.63, 3.8) is 0 Å². The quantitative estimate of drug-likeness (QED) is 0.256. The molecule has 9 nitrogen and oxygen atoms in total. The van der Waals surface area contributed by atoms with Crippen molar-refractivity contribution >= 4 is 34.2 Å². The first-order chi connectivity index (χ1) is 15.8. The molecule has 1 amide bonds. The second-order valence-electron chi connectivity index (χ2n) is 7.37. The maximum absolute atomic E-state index is 12.8. The van der Waals surface area contributed by atoms with E-state index in [9.17, 15) is 19.7 Å². The van der Waals surface area contributed by atoms with Crippen molar-refractivity contribution in [3.8, 4) is 11.5 Å². The fourth-order valence-electron chi connectivity index (χ4n) is 3.33. The first-order valence-corrected chi connectivity index (χ1v) is 10.0. The number of aryl methyl sites for hydroxylation is 2. The van der Waals surface area contributed by atoms with E-state index >= 15 is 0 Å². The van der Waals surface area contributed by atoms with Gasteiger partial charge in [-0.1, -0.05) is 24.3 Å². The fourth-order valence-corrected chi connectivity index (χ4v) is 3.33. The number of nitro benzene ring substituents is 1. The molecule has 0 spiro atoms. The van der Waals surface area contributed by atoms with Crippen molar-refractivity contribution in [2.45, 2.75) is 13.8 Å². The Morgan fingerprint density at radius 2 is 1.88 bits per heavy atom. The summed E-state index contributed by atoms with van der Waals surface area (Å²) < 4.78 is 10.9. The van der Waals surface area contributed by atoms with Crippen molar-refractivity contribution in [1.29, 1.82) is 0 Å². The molecule has 9 heteroatoms. The van der Waals surface area contributed by atoms with E-state index in [1.54, 1.807) is 56.3 Å². The molecule has 0 saturated heterocycles. The monoisotopic (exact) mass is 445 g/mol. The second-order valence-corrected chi connectivity index (χ2v) is 7.37. The van der Waals surface area contributed by atoms with Crippen LogP contribution in [0.4, 0.5) is 11.4 Å². The number of anilines is 1. The van der Waals surface area contributed by atoms with Gasteiger partial charge in [-0.3, -0.25) is 14.9 Å². The van der Waals surface area contributed by atoms with Crippen LogP contribution in [0.5, 0.6) is 0 Å². The third-order valence-electron chi connectivity index (χ3n) is 4.95. The number of carbonyl (C=O) groups is 2. The predicted molar refractivity (Wildman–Crippen MR) is 121 cm³/mol. The van der Waals surface area contributed by atoms with E-state index in [-0.39, 0.29) is 16.9 Å².